The van der Waals surface area contributed by atoms with Gasteiger partial charge < -0.3 is 10.2 Å². The van der Waals surface area contributed by atoms with E-state index in [9.17, 15) is 9.59 Å². The molecule has 0 bridgehead atoms. The van der Waals surface area contributed by atoms with E-state index in [1.54, 1.807) is 4.68 Å². The summed E-state index contributed by atoms with van der Waals surface area (Å²) in [6, 6.07) is 7.98. The zero-order valence-corrected chi connectivity index (χ0v) is 19.8. The number of carbonyl (C=O) groups excluding carboxylic acids is 2. The molecule has 2 heterocycles. The highest BCUT2D eigenvalue weighted by Crippen LogP contribution is 2.33. The summed E-state index contributed by atoms with van der Waals surface area (Å²) in [5, 5.41) is 18.3. The van der Waals surface area contributed by atoms with Crippen LogP contribution in [0.1, 0.15) is 57.8 Å². The number of para-hydroxylation sites is 1. The Balaban J connectivity index is 1.50. The van der Waals surface area contributed by atoms with E-state index in [0.29, 0.717) is 43.6 Å². The summed E-state index contributed by atoms with van der Waals surface area (Å²) >= 11 is 0. The van der Waals surface area contributed by atoms with Crippen LogP contribution in [0.25, 0.3) is 0 Å². The maximum atomic E-state index is 13.5. The molecule has 1 aromatic carbocycles. The van der Waals surface area contributed by atoms with Crippen LogP contribution in [0.5, 0.6) is 0 Å². The lowest BCUT2D eigenvalue weighted by atomic mass is 9.93. The number of carbonyl (C=O) groups is 2. The fourth-order valence-electron chi connectivity index (χ4n) is 4.44. The number of nitrogens with zero attached hydrogens (tertiary/aromatic N) is 5. The maximum absolute atomic E-state index is 13.5. The number of aryl methyl sites for hydroxylation is 1. The normalized spacial score (nSPS) is 19.3. The number of rotatable bonds is 10. The molecule has 0 spiro atoms. The van der Waals surface area contributed by atoms with Gasteiger partial charge in [0.2, 0.25) is 5.91 Å². The molecule has 178 valence electrons. The van der Waals surface area contributed by atoms with Gasteiger partial charge in [0.1, 0.15) is 0 Å². The first-order valence-electron chi connectivity index (χ1n) is 12.1. The third-order valence-electron chi connectivity index (χ3n) is 6.31. The van der Waals surface area contributed by atoms with Gasteiger partial charge in [-0.15, -0.1) is 5.10 Å². The van der Waals surface area contributed by atoms with E-state index in [2.05, 4.69) is 46.9 Å². The molecule has 2 aromatic rings. The average molecular weight is 454 g/mol. The molecule has 2 atom stereocenters. The number of fused-ring (bicyclic) bond motifs is 1. The van der Waals surface area contributed by atoms with E-state index in [0.717, 1.165) is 37.1 Å². The Bertz CT molecular complexity index is 969. The number of anilines is 1. The molecular formula is C24H35N7O2. The Morgan fingerprint density at radius 1 is 1.27 bits per heavy atom. The van der Waals surface area contributed by atoms with Crippen LogP contribution < -0.4 is 15.5 Å². The molecule has 1 saturated carbocycles. The van der Waals surface area contributed by atoms with Crippen LogP contribution in [0.15, 0.2) is 24.3 Å². The van der Waals surface area contributed by atoms with Crippen LogP contribution in [0, 0.1) is 17.8 Å². The van der Waals surface area contributed by atoms with Gasteiger partial charge >= 0.3 is 0 Å². The van der Waals surface area contributed by atoms with Crippen molar-refractivity contribution in [2.75, 3.05) is 11.4 Å². The average Bonchev–Trinajstić information content (AvgIpc) is 3.54. The van der Waals surface area contributed by atoms with Crippen LogP contribution in [0.2, 0.25) is 0 Å². The fraction of sp³-hybridized carbons (Fsp3) is 0.625. The Morgan fingerprint density at radius 2 is 2.06 bits per heavy atom. The number of nitrogens with one attached hydrogen (secondary N) is 2. The van der Waals surface area contributed by atoms with Crippen molar-refractivity contribution < 1.29 is 9.59 Å². The SMILES string of the molecule is CCCn1nnnc1CC(CC(C)C)C(=O)NC1NCc2ccccc2N(CC2CC2)C1=O. The van der Waals surface area contributed by atoms with Gasteiger partial charge in [0.15, 0.2) is 12.0 Å². The molecule has 1 fully saturated rings. The fourth-order valence-corrected chi connectivity index (χ4v) is 4.44. The minimum atomic E-state index is -0.759. The van der Waals surface area contributed by atoms with Gasteiger partial charge in [-0.1, -0.05) is 39.0 Å². The van der Waals surface area contributed by atoms with E-state index in [-0.39, 0.29) is 17.7 Å². The molecule has 0 radical (unpaired) electrons. The number of hydrogen-bond acceptors (Lipinski definition) is 6. The molecule has 9 nitrogen and oxygen atoms in total. The number of benzene rings is 1. The lowest BCUT2D eigenvalue weighted by molar-refractivity contribution is -0.131. The van der Waals surface area contributed by atoms with E-state index in [1.165, 1.54) is 0 Å². The highest BCUT2D eigenvalue weighted by molar-refractivity contribution is 6.00. The van der Waals surface area contributed by atoms with E-state index in [1.807, 2.05) is 29.2 Å². The summed E-state index contributed by atoms with van der Waals surface area (Å²) < 4.78 is 1.77. The second-order valence-electron chi connectivity index (χ2n) is 9.69. The molecule has 2 amide bonds. The number of tetrazole rings is 1. The molecule has 9 heteroatoms. The molecule has 4 rings (SSSR count). The number of amides is 2. The first-order valence-corrected chi connectivity index (χ1v) is 12.1. The summed E-state index contributed by atoms with van der Waals surface area (Å²) in [6.07, 6.45) is 3.60. The highest BCUT2D eigenvalue weighted by Gasteiger charge is 2.36. The Kier molecular flexibility index (Phi) is 7.37. The standard InChI is InChI=1S/C24H35N7O2/c1-4-11-31-21(27-28-29-31)13-19(12-16(2)3)23(32)26-22-24(33)30(15-17-9-10-17)20-8-6-5-7-18(20)14-25-22/h5-8,16-17,19,22,25H,4,9-15H2,1-3H3,(H,26,32). The number of aromatic nitrogens is 4. The van der Waals surface area contributed by atoms with E-state index >= 15 is 0 Å². The zero-order valence-electron chi connectivity index (χ0n) is 19.8. The second kappa shape index (κ2) is 10.4. The summed E-state index contributed by atoms with van der Waals surface area (Å²) in [7, 11) is 0. The Morgan fingerprint density at radius 3 is 2.79 bits per heavy atom. The van der Waals surface area contributed by atoms with Crippen molar-refractivity contribution >= 4 is 17.5 Å². The van der Waals surface area contributed by atoms with E-state index < -0.39 is 6.17 Å². The van der Waals surface area contributed by atoms with Gasteiger partial charge in [-0.25, -0.2) is 4.68 Å². The van der Waals surface area contributed by atoms with Crippen molar-refractivity contribution in [1.29, 1.82) is 0 Å². The van der Waals surface area contributed by atoms with Crippen LogP contribution >= 0.6 is 0 Å². The van der Waals surface area contributed by atoms with Crippen LogP contribution in [0.4, 0.5) is 5.69 Å². The van der Waals surface area contributed by atoms with Crippen molar-refractivity contribution in [3.63, 3.8) is 0 Å². The molecular weight excluding hydrogens is 418 g/mol. The van der Waals surface area contributed by atoms with Gasteiger partial charge in [-0.3, -0.25) is 14.9 Å². The Labute approximate surface area is 195 Å². The summed E-state index contributed by atoms with van der Waals surface area (Å²) in [5.74, 6) is 1.02. The molecule has 2 N–H and O–H groups in total. The summed E-state index contributed by atoms with van der Waals surface area (Å²) in [6.45, 7) is 8.20. The van der Waals surface area contributed by atoms with Crippen molar-refractivity contribution in [3.8, 4) is 0 Å². The quantitative estimate of drug-likeness (QED) is 0.572. The molecule has 0 saturated heterocycles. The molecule has 1 aromatic heterocycles. The van der Waals surface area contributed by atoms with Gasteiger partial charge in [-0.05, 0) is 59.6 Å². The van der Waals surface area contributed by atoms with Gasteiger partial charge in [-0.2, -0.15) is 0 Å². The smallest absolute Gasteiger partial charge is 0.264 e. The summed E-state index contributed by atoms with van der Waals surface area (Å²) in [4.78, 5) is 28.8. The topological polar surface area (TPSA) is 105 Å². The predicted molar refractivity (Wildman–Crippen MR) is 125 cm³/mol. The van der Waals surface area contributed by atoms with Crippen molar-refractivity contribution in [2.45, 2.75) is 72.1 Å². The minimum absolute atomic E-state index is 0.0979. The predicted octanol–water partition coefficient (Wildman–Crippen LogP) is 2.28. The van der Waals surface area contributed by atoms with Crippen molar-refractivity contribution in [1.82, 2.24) is 30.8 Å². The largest absolute Gasteiger partial charge is 0.332 e. The monoisotopic (exact) mass is 453 g/mol. The van der Waals surface area contributed by atoms with Crippen LogP contribution in [0.3, 0.4) is 0 Å². The third kappa shape index (κ3) is 5.76. The van der Waals surface area contributed by atoms with Gasteiger partial charge in [0, 0.05) is 37.7 Å². The van der Waals surface area contributed by atoms with E-state index in [4.69, 9.17) is 0 Å². The first kappa shape index (κ1) is 23.4. The van der Waals surface area contributed by atoms with Crippen LogP contribution in [-0.4, -0.2) is 44.7 Å². The first-order chi connectivity index (χ1) is 16.0. The van der Waals surface area contributed by atoms with Crippen LogP contribution in [-0.2, 0) is 29.1 Å². The zero-order chi connectivity index (χ0) is 23.4. The summed E-state index contributed by atoms with van der Waals surface area (Å²) in [5.41, 5.74) is 2.01. The lowest BCUT2D eigenvalue weighted by Gasteiger charge is -2.27. The molecule has 1 aliphatic heterocycles. The van der Waals surface area contributed by atoms with Gasteiger partial charge in [0.25, 0.3) is 5.91 Å². The Hall–Kier alpha value is -2.81. The third-order valence-corrected chi connectivity index (χ3v) is 6.31. The maximum Gasteiger partial charge on any atom is 0.264 e. The molecule has 2 aliphatic rings. The minimum Gasteiger partial charge on any atom is -0.332 e. The second-order valence-corrected chi connectivity index (χ2v) is 9.69. The van der Waals surface area contributed by atoms with Gasteiger partial charge in [0.05, 0.1) is 0 Å². The molecule has 2 unspecified atom stereocenters. The lowest BCUT2D eigenvalue weighted by Crippen LogP contribution is -2.56. The highest BCUT2D eigenvalue weighted by atomic mass is 16.2. The van der Waals surface area contributed by atoms with Crippen molar-refractivity contribution in [3.05, 3.63) is 35.7 Å². The molecule has 1 aliphatic carbocycles. The molecule has 33 heavy (non-hydrogen) atoms. The van der Waals surface area contributed by atoms with Crippen molar-refractivity contribution in [2.24, 2.45) is 17.8 Å². The number of hydrogen-bond donors (Lipinski definition) is 2.